The predicted octanol–water partition coefficient (Wildman–Crippen LogP) is 2.73. The molecule has 0 atom stereocenters. The van der Waals surface area contributed by atoms with Crippen LogP contribution in [-0.2, 0) is 0 Å². The standard InChI is InChI=1S/C16H22BrN3O/c17-14-4-3-12(11-15(14)18)16(21)20-9-5-13(6-10-20)19-7-1-2-8-19/h3-4,11,13H,1-2,5-10,18H2. The lowest BCUT2D eigenvalue weighted by Gasteiger charge is -2.36. The van der Waals surface area contributed by atoms with Gasteiger partial charge in [-0.3, -0.25) is 4.79 Å². The fourth-order valence-corrected chi connectivity index (χ4v) is 3.65. The van der Waals surface area contributed by atoms with E-state index in [1.54, 1.807) is 6.07 Å². The van der Waals surface area contributed by atoms with Crippen LogP contribution >= 0.6 is 15.9 Å². The predicted molar refractivity (Wildman–Crippen MR) is 88.3 cm³/mol. The molecule has 0 radical (unpaired) electrons. The zero-order valence-corrected chi connectivity index (χ0v) is 13.8. The molecule has 1 aromatic carbocycles. The molecule has 3 rings (SSSR count). The van der Waals surface area contributed by atoms with Crippen molar-refractivity contribution in [3.63, 3.8) is 0 Å². The van der Waals surface area contributed by atoms with E-state index in [2.05, 4.69) is 20.8 Å². The van der Waals surface area contributed by atoms with Crippen LogP contribution in [0.4, 0.5) is 5.69 Å². The summed E-state index contributed by atoms with van der Waals surface area (Å²) in [5.74, 6) is 0.106. The van der Waals surface area contributed by atoms with Gasteiger partial charge in [-0.1, -0.05) is 0 Å². The number of hydrogen-bond acceptors (Lipinski definition) is 3. The van der Waals surface area contributed by atoms with Gasteiger partial charge in [-0.15, -0.1) is 0 Å². The molecule has 114 valence electrons. The summed E-state index contributed by atoms with van der Waals surface area (Å²) in [6, 6.07) is 6.12. The van der Waals surface area contributed by atoms with Gasteiger partial charge in [0.25, 0.3) is 5.91 Å². The minimum absolute atomic E-state index is 0.106. The Kier molecular flexibility index (Phi) is 4.50. The lowest BCUT2D eigenvalue weighted by molar-refractivity contribution is 0.0644. The molecule has 2 heterocycles. The molecule has 0 aliphatic carbocycles. The van der Waals surface area contributed by atoms with Gasteiger partial charge in [0.15, 0.2) is 0 Å². The maximum atomic E-state index is 12.5. The van der Waals surface area contributed by atoms with Crippen LogP contribution in [0.15, 0.2) is 22.7 Å². The van der Waals surface area contributed by atoms with Crippen molar-refractivity contribution in [2.24, 2.45) is 0 Å². The Labute approximate surface area is 134 Å². The van der Waals surface area contributed by atoms with Crippen molar-refractivity contribution in [2.45, 2.75) is 31.7 Å². The summed E-state index contributed by atoms with van der Waals surface area (Å²) in [7, 11) is 0. The van der Waals surface area contributed by atoms with Crippen molar-refractivity contribution >= 4 is 27.5 Å². The SMILES string of the molecule is Nc1cc(C(=O)N2CCC(N3CCCC3)CC2)ccc1Br. The summed E-state index contributed by atoms with van der Waals surface area (Å²) in [5, 5.41) is 0. The summed E-state index contributed by atoms with van der Waals surface area (Å²) >= 11 is 3.36. The second-order valence-electron chi connectivity index (χ2n) is 6.00. The third kappa shape index (κ3) is 3.24. The number of likely N-dealkylation sites (tertiary alicyclic amines) is 2. The largest absolute Gasteiger partial charge is 0.398 e. The number of rotatable bonds is 2. The minimum atomic E-state index is 0.106. The van der Waals surface area contributed by atoms with E-state index in [4.69, 9.17) is 5.73 Å². The summed E-state index contributed by atoms with van der Waals surface area (Å²) in [6.07, 6.45) is 4.85. The maximum Gasteiger partial charge on any atom is 0.253 e. The first kappa shape index (κ1) is 14.9. The molecule has 2 N–H and O–H groups in total. The van der Waals surface area contributed by atoms with Gasteiger partial charge in [0.1, 0.15) is 0 Å². The van der Waals surface area contributed by atoms with Crippen LogP contribution in [0.25, 0.3) is 0 Å². The molecule has 0 bridgehead atoms. The number of halogens is 1. The highest BCUT2D eigenvalue weighted by atomic mass is 79.9. The third-order valence-electron chi connectivity index (χ3n) is 4.65. The number of carbonyl (C=O) groups excluding carboxylic acids is 1. The van der Waals surface area contributed by atoms with Gasteiger partial charge < -0.3 is 15.5 Å². The van der Waals surface area contributed by atoms with Crippen LogP contribution in [0.5, 0.6) is 0 Å². The number of nitrogens with two attached hydrogens (primary N) is 1. The number of anilines is 1. The summed E-state index contributed by atoms with van der Waals surface area (Å²) < 4.78 is 0.840. The van der Waals surface area contributed by atoms with Crippen LogP contribution in [0.2, 0.25) is 0 Å². The molecule has 2 fully saturated rings. The van der Waals surface area contributed by atoms with E-state index < -0.39 is 0 Å². The molecule has 2 aliphatic heterocycles. The van der Waals surface area contributed by atoms with Crippen molar-refractivity contribution in [1.29, 1.82) is 0 Å². The molecular weight excluding hydrogens is 330 g/mol. The number of hydrogen-bond donors (Lipinski definition) is 1. The van der Waals surface area contributed by atoms with E-state index in [-0.39, 0.29) is 5.91 Å². The van der Waals surface area contributed by atoms with E-state index in [1.807, 2.05) is 17.0 Å². The zero-order valence-electron chi connectivity index (χ0n) is 12.2. The number of amides is 1. The highest BCUT2D eigenvalue weighted by Gasteiger charge is 2.28. The van der Waals surface area contributed by atoms with E-state index in [9.17, 15) is 4.79 Å². The van der Waals surface area contributed by atoms with E-state index in [0.29, 0.717) is 17.3 Å². The van der Waals surface area contributed by atoms with Crippen LogP contribution in [0.3, 0.4) is 0 Å². The van der Waals surface area contributed by atoms with Gasteiger partial charge in [-0.2, -0.15) is 0 Å². The summed E-state index contributed by atoms with van der Waals surface area (Å²) in [5.41, 5.74) is 7.18. The molecule has 0 aromatic heterocycles. The van der Waals surface area contributed by atoms with Gasteiger partial charge in [-0.25, -0.2) is 0 Å². The molecule has 2 aliphatic rings. The van der Waals surface area contributed by atoms with Crippen LogP contribution in [0.1, 0.15) is 36.0 Å². The molecular formula is C16H22BrN3O. The highest BCUT2D eigenvalue weighted by Crippen LogP contribution is 2.24. The average molecular weight is 352 g/mol. The Bertz CT molecular complexity index is 520. The second kappa shape index (κ2) is 6.36. The number of nitrogen functional groups attached to an aromatic ring is 1. The van der Waals surface area contributed by atoms with Crippen molar-refractivity contribution < 1.29 is 4.79 Å². The fourth-order valence-electron chi connectivity index (χ4n) is 3.40. The Morgan fingerprint density at radius 3 is 2.43 bits per heavy atom. The monoisotopic (exact) mass is 351 g/mol. The average Bonchev–Trinajstić information content (AvgIpc) is 3.04. The first-order valence-corrected chi connectivity index (χ1v) is 8.53. The first-order chi connectivity index (χ1) is 10.1. The van der Waals surface area contributed by atoms with E-state index in [0.717, 1.165) is 30.4 Å². The Balaban J connectivity index is 1.60. The molecule has 4 nitrogen and oxygen atoms in total. The van der Waals surface area contributed by atoms with Crippen LogP contribution in [-0.4, -0.2) is 47.9 Å². The van der Waals surface area contributed by atoms with Gasteiger partial charge in [0.05, 0.1) is 0 Å². The van der Waals surface area contributed by atoms with Crippen molar-refractivity contribution in [3.05, 3.63) is 28.2 Å². The molecule has 1 amide bonds. The quantitative estimate of drug-likeness (QED) is 0.833. The van der Waals surface area contributed by atoms with Crippen LogP contribution < -0.4 is 5.73 Å². The molecule has 2 saturated heterocycles. The Morgan fingerprint density at radius 2 is 1.81 bits per heavy atom. The third-order valence-corrected chi connectivity index (χ3v) is 5.37. The van der Waals surface area contributed by atoms with Gasteiger partial charge in [-0.05, 0) is 72.9 Å². The molecule has 1 aromatic rings. The van der Waals surface area contributed by atoms with Crippen molar-refractivity contribution in [3.8, 4) is 0 Å². The normalized spacial score (nSPS) is 20.9. The Morgan fingerprint density at radius 1 is 1.14 bits per heavy atom. The number of benzene rings is 1. The van der Waals surface area contributed by atoms with E-state index in [1.165, 1.54) is 25.9 Å². The highest BCUT2D eigenvalue weighted by molar-refractivity contribution is 9.10. The van der Waals surface area contributed by atoms with Crippen LogP contribution in [0, 0.1) is 0 Å². The molecule has 5 heteroatoms. The maximum absolute atomic E-state index is 12.5. The first-order valence-electron chi connectivity index (χ1n) is 7.73. The second-order valence-corrected chi connectivity index (χ2v) is 6.86. The minimum Gasteiger partial charge on any atom is -0.398 e. The lowest BCUT2D eigenvalue weighted by atomic mass is 10.0. The van der Waals surface area contributed by atoms with Gasteiger partial charge >= 0.3 is 0 Å². The fraction of sp³-hybridized carbons (Fsp3) is 0.562. The lowest BCUT2D eigenvalue weighted by Crippen LogP contribution is -2.45. The summed E-state index contributed by atoms with van der Waals surface area (Å²) in [6.45, 7) is 4.19. The molecule has 21 heavy (non-hydrogen) atoms. The van der Waals surface area contributed by atoms with Gasteiger partial charge in [0, 0.05) is 34.9 Å². The van der Waals surface area contributed by atoms with Crippen molar-refractivity contribution in [2.75, 3.05) is 31.9 Å². The summed E-state index contributed by atoms with van der Waals surface area (Å²) in [4.78, 5) is 17.1. The van der Waals surface area contributed by atoms with E-state index >= 15 is 0 Å². The number of nitrogens with zero attached hydrogens (tertiary/aromatic N) is 2. The Hall–Kier alpha value is -1.07. The number of carbonyl (C=O) groups is 1. The molecule has 0 spiro atoms. The number of piperidine rings is 1. The topological polar surface area (TPSA) is 49.6 Å². The smallest absolute Gasteiger partial charge is 0.253 e. The van der Waals surface area contributed by atoms with Crippen molar-refractivity contribution in [1.82, 2.24) is 9.80 Å². The van der Waals surface area contributed by atoms with Gasteiger partial charge in [0.2, 0.25) is 0 Å². The molecule has 0 saturated carbocycles. The molecule has 0 unspecified atom stereocenters. The zero-order chi connectivity index (χ0) is 14.8.